The molecule has 50 heavy (non-hydrogen) atoms. The standard InChI is InChI=1S/C16H17NO3.C12H22BNO2.C10H7BrO3/c1-17-10-8-14(9-11-17)13-5-2-12(3-6-13)4-7-15(18)16(19)20;1-11(2)12(3,4)16-13(15-11)10-6-8-14(5)9-7-10;11-8-4-1-7(2-5-8)3-6-9(12)10(13)14/h2-8H,9-11H2,1H3,(H,19,20);6H,7-9H2,1-5H3;1-6H,(H,13,14)/b7-4+;;6-3+. The van der Waals surface area contributed by atoms with Crippen LogP contribution in [-0.4, -0.2) is 102 Å². The Morgan fingerprint density at radius 3 is 1.56 bits per heavy atom. The molecule has 0 radical (unpaired) electrons. The second kappa shape index (κ2) is 18.3. The molecule has 0 bridgehead atoms. The minimum atomic E-state index is -1.45. The van der Waals surface area contributed by atoms with Gasteiger partial charge in [0.2, 0.25) is 0 Å². The summed E-state index contributed by atoms with van der Waals surface area (Å²) < 4.78 is 13.0. The molecule has 2 aromatic carbocycles. The third kappa shape index (κ3) is 12.4. The number of benzene rings is 2. The highest BCUT2D eigenvalue weighted by Crippen LogP contribution is 2.39. The fraction of sp³-hybridized carbons (Fsp3) is 0.368. The number of likely N-dealkylation sites (N-methyl/N-ethyl adjacent to an activating group) is 2. The molecule has 5 rings (SSSR count). The van der Waals surface area contributed by atoms with Crippen LogP contribution < -0.4 is 0 Å². The molecule has 0 amide bonds. The van der Waals surface area contributed by atoms with Gasteiger partial charge in [-0.05, 0) is 107 Å². The van der Waals surface area contributed by atoms with Crippen LogP contribution in [-0.2, 0) is 28.5 Å². The summed E-state index contributed by atoms with van der Waals surface area (Å²) in [5.41, 5.74) is 4.97. The number of carbonyl (C=O) groups excluding carboxylic acids is 2. The van der Waals surface area contributed by atoms with Gasteiger partial charge in [-0.15, -0.1) is 0 Å². The predicted molar refractivity (Wildman–Crippen MR) is 200 cm³/mol. The first-order valence-corrected chi connectivity index (χ1v) is 17.1. The summed E-state index contributed by atoms with van der Waals surface area (Å²) in [7, 11) is 4.09. The maximum Gasteiger partial charge on any atom is 0.490 e. The number of ketones is 2. The predicted octanol–water partition coefficient (Wildman–Crippen LogP) is 6.07. The van der Waals surface area contributed by atoms with Crippen LogP contribution in [0.15, 0.2) is 82.8 Å². The van der Waals surface area contributed by atoms with Gasteiger partial charge in [0.15, 0.2) is 0 Å². The summed E-state index contributed by atoms with van der Waals surface area (Å²) in [6.07, 6.45) is 11.6. The summed E-state index contributed by atoms with van der Waals surface area (Å²) in [5, 5.41) is 16.8. The van der Waals surface area contributed by atoms with E-state index < -0.39 is 23.5 Å². The Morgan fingerprint density at radius 2 is 1.16 bits per heavy atom. The maximum atomic E-state index is 11.0. The molecule has 3 aliphatic heterocycles. The van der Waals surface area contributed by atoms with E-state index in [1.807, 2.05) is 36.4 Å². The van der Waals surface area contributed by atoms with Gasteiger partial charge in [0.25, 0.3) is 11.6 Å². The summed E-state index contributed by atoms with van der Waals surface area (Å²) in [6, 6.07) is 15.0. The lowest BCUT2D eigenvalue weighted by Crippen LogP contribution is -2.41. The molecule has 1 fully saturated rings. The smallest absolute Gasteiger partial charge is 0.475 e. The lowest BCUT2D eigenvalue weighted by molar-refractivity contribution is -0.146. The number of carboxylic acids is 2. The Balaban J connectivity index is 0.000000207. The van der Waals surface area contributed by atoms with E-state index in [1.54, 1.807) is 12.1 Å². The van der Waals surface area contributed by atoms with Crippen molar-refractivity contribution in [2.75, 3.05) is 40.3 Å². The minimum Gasteiger partial charge on any atom is -0.475 e. The number of carboxylic acid groups (broad SMARTS) is 2. The van der Waals surface area contributed by atoms with E-state index in [2.05, 4.69) is 79.7 Å². The molecule has 2 aromatic rings. The van der Waals surface area contributed by atoms with E-state index in [1.165, 1.54) is 28.8 Å². The van der Waals surface area contributed by atoms with Crippen LogP contribution >= 0.6 is 15.9 Å². The van der Waals surface area contributed by atoms with E-state index in [-0.39, 0.29) is 18.3 Å². The van der Waals surface area contributed by atoms with Gasteiger partial charge in [0, 0.05) is 30.7 Å². The van der Waals surface area contributed by atoms with Gasteiger partial charge in [-0.1, -0.05) is 76.6 Å². The average Bonchev–Trinajstić information content (AvgIpc) is 3.30. The van der Waals surface area contributed by atoms with Crippen molar-refractivity contribution in [1.29, 1.82) is 0 Å². The average molecular weight is 750 g/mol. The molecule has 0 atom stereocenters. The topological polar surface area (TPSA) is 134 Å². The molecular formula is C38H46BBrN2O8. The van der Waals surface area contributed by atoms with Crippen LogP contribution in [0, 0.1) is 0 Å². The Morgan fingerprint density at radius 1 is 0.720 bits per heavy atom. The van der Waals surface area contributed by atoms with Crippen LogP contribution in [0.5, 0.6) is 0 Å². The molecule has 2 N–H and O–H groups in total. The Kier molecular flexibility index (Phi) is 14.9. The molecule has 3 aliphatic rings. The number of halogens is 1. The first-order valence-electron chi connectivity index (χ1n) is 16.3. The zero-order chi connectivity index (χ0) is 37.1. The Bertz CT molecular complexity index is 1630. The number of nitrogens with zero attached hydrogens (tertiary/aromatic N) is 2. The van der Waals surface area contributed by atoms with Crippen LogP contribution in [0.1, 0.15) is 57.2 Å². The van der Waals surface area contributed by atoms with Gasteiger partial charge < -0.3 is 29.3 Å². The van der Waals surface area contributed by atoms with Gasteiger partial charge in [0.05, 0.1) is 11.2 Å². The van der Waals surface area contributed by atoms with Gasteiger partial charge >= 0.3 is 19.1 Å². The molecule has 3 heterocycles. The fourth-order valence-electron chi connectivity index (χ4n) is 4.90. The van der Waals surface area contributed by atoms with Gasteiger partial charge in [-0.3, -0.25) is 9.59 Å². The van der Waals surface area contributed by atoms with Crippen LogP contribution in [0.25, 0.3) is 17.7 Å². The Labute approximate surface area is 303 Å². The first kappa shape index (κ1) is 40.5. The van der Waals surface area contributed by atoms with E-state index in [0.717, 1.165) is 66.8 Å². The summed E-state index contributed by atoms with van der Waals surface area (Å²) in [4.78, 5) is 46.8. The molecular weight excluding hydrogens is 703 g/mol. The highest BCUT2D eigenvalue weighted by Gasteiger charge is 2.52. The number of hydrogen-bond donors (Lipinski definition) is 2. The van der Waals surface area contributed by atoms with E-state index >= 15 is 0 Å². The lowest BCUT2D eigenvalue weighted by Gasteiger charge is -2.32. The molecule has 12 heteroatoms. The van der Waals surface area contributed by atoms with Crippen molar-refractivity contribution in [3.8, 4) is 0 Å². The number of hydrogen-bond acceptors (Lipinski definition) is 8. The van der Waals surface area contributed by atoms with E-state index in [0.29, 0.717) is 0 Å². The quantitative estimate of drug-likeness (QED) is 0.186. The van der Waals surface area contributed by atoms with Crippen LogP contribution in [0.3, 0.4) is 0 Å². The van der Waals surface area contributed by atoms with Gasteiger partial charge in [-0.2, -0.15) is 0 Å². The van der Waals surface area contributed by atoms with Crippen molar-refractivity contribution in [3.05, 3.63) is 99.5 Å². The lowest BCUT2D eigenvalue weighted by atomic mass is 9.75. The van der Waals surface area contributed by atoms with Crippen molar-refractivity contribution in [3.63, 3.8) is 0 Å². The third-order valence-corrected chi connectivity index (χ3v) is 9.37. The molecule has 266 valence electrons. The van der Waals surface area contributed by atoms with E-state index in [9.17, 15) is 19.2 Å². The number of aliphatic carboxylic acids is 2. The first-order chi connectivity index (χ1) is 23.5. The van der Waals surface area contributed by atoms with Gasteiger partial charge in [0.1, 0.15) is 0 Å². The molecule has 0 aromatic heterocycles. The maximum absolute atomic E-state index is 11.0. The molecule has 1 saturated heterocycles. The number of rotatable bonds is 8. The van der Waals surface area contributed by atoms with Crippen molar-refractivity contribution in [1.82, 2.24) is 9.80 Å². The second-order valence-electron chi connectivity index (χ2n) is 13.3. The summed E-state index contributed by atoms with van der Waals surface area (Å²) >= 11 is 3.26. The van der Waals surface area contributed by atoms with Crippen molar-refractivity contribution in [2.24, 2.45) is 0 Å². The SMILES string of the molecule is CN1CC=C(B2OC(C)(C)C(C)(C)O2)CC1.CN1CC=C(c2ccc(/C=C/C(=O)C(=O)O)cc2)CC1.O=C(O)C(=O)/C=C/c1ccc(Br)cc1. The Hall–Kier alpha value is -3.94. The second-order valence-corrected chi connectivity index (χ2v) is 14.2. The normalized spacial score (nSPS) is 18.7. The van der Waals surface area contributed by atoms with Gasteiger partial charge in [-0.25, -0.2) is 9.59 Å². The van der Waals surface area contributed by atoms with Crippen LogP contribution in [0.2, 0.25) is 0 Å². The third-order valence-electron chi connectivity index (χ3n) is 8.84. The molecule has 0 aliphatic carbocycles. The zero-order valence-corrected chi connectivity index (χ0v) is 31.1. The summed E-state index contributed by atoms with van der Waals surface area (Å²) in [5.74, 6) is -4.72. The molecule has 10 nitrogen and oxygen atoms in total. The van der Waals surface area contributed by atoms with E-state index in [4.69, 9.17) is 19.5 Å². The largest absolute Gasteiger partial charge is 0.490 e. The summed E-state index contributed by atoms with van der Waals surface area (Å²) in [6.45, 7) is 12.5. The number of carbonyl (C=O) groups is 4. The van der Waals surface area contributed by atoms with Crippen molar-refractivity contribution in [2.45, 2.75) is 51.7 Å². The minimum absolute atomic E-state index is 0.140. The molecule has 0 unspecified atom stereocenters. The van der Waals surface area contributed by atoms with Crippen molar-refractivity contribution >= 4 is 64.3 Å². The highest BCUT2D eigenvalue weighted by molar-refractivity contribution is 9.10. The molecule has 0 spiro atoms. The molecule has 0 saturated carbocycles. The van der Waals surface area contributed by atoms with Crippen LogP contribution in [0.4, 0.5) is 0 Å². The fourth-order valence-corrected chi connectivity index (χ4v) is 5.16. The zero-order valence-electron chi connectivity index (χ0n) is 29.5. The monoisotopic (exact) mass is 748 g/mol. The van der Waals surface area contributed by atoms with Crippen molar-refractivity contribution < 1.29 is 38.7 Å². The highest BCUT2D eigenvalue weighted by atomic mass is 79.9.